The van der Waals surface area contributed by atoms with E-state index in [1.54, 1.807) is 55.3 Å². The van der Waals surface area contributed by atoms with Crippen molar-refractivity contribution in [2.75, 3.05) is 86.3 Å². The highest BCUT2D eigenvalue weighted by Crippen LogP contribution is 2.31. The molecule has 57 heavy (non-hydrogen) atoms. The van der Waals surface area contributed by atoms with Gasteiger partial charge in [-0.05, 0) is 99.0 Å². The van der Waals surface area contributed by atoms with Crippen molar-refractivity contribution < 1.29 is 39.5 Å². The van der Waals surface area contributed by atoms with Gasteiger partial charge in [0.25, 0.3) is 20.0 Å². The molecular formula is C39H50N6O9S3. The Morgan fingerprint density at radius 2 is 1.05 bits per heavy atom. The summed E-state index contributed by atoms with van der Waals surface area (Å²) in [7, 11) is -6.88. The number of para-hydroxylation sites is 4. The molecule has 2 fully saturated rings. The number of anilines is 4. The summed E-state index contributed by atoms with van der Waals surface area (Å²) in [5, 5.41) is 0. The first-order valence-electron chi connectivity index (χ1n) is 18.5. The average molecular weight is 843 g/mol. The van der Waals surface area contributed by atoms with Gasteiger partial charge in [-0.1, -0.05) is 24.3 Å². The summed E-state index contributed by atoms with van der Waals surface area (Å²) in [5.74, 6) is 0.627. The number of ether oxygens (including phenoxy) is 2. The number of methoxy groups -OCH3 is 1. The van der Waals surface area contributed by atoms with Crippen LogP contribution in [0.3, 0.4) is 0 Å². The van der Waals surface area contributed by atoms with E-state index in [9.17, 15) is 30.0 Å². The molecule has 0 radical (unpaired) electrons. The third-order valence-electron chi connectivity index (χ3n) is 9.42. The molecule has 0 aliphatic carbocycles. The second-order valence-electron chi connectivity index (χ2n) is 13.4. The van der Waals surface area contributed by atoms with Crippen molar-refractivity contribution in [1.29, 1.82) is 0 Å². The van der Waals surface area contributed by atoms with E-state index in [4.69, 9.17) is 9.47 Å². The second-order valence-corrected chi connectivity index (χ2v) is 18.9. The average Bonchev–Trinajstić information content (AvgIpc) is 3.22. The maximum absolute atomic E-state index is 13.0. The Morgan fingerprint density at radius 1 is 0.614 bits per heavy atom. The Hall–Kier alpha value is -5.04. The molecule has 2 aliphatic heterocycles. The number of hydrogen-bond donors (Lipinski definition) is 2. The van der Waals surface area contributed by atoms with Crippen molar-refractivity contribution >= 4 is 58.9 Å². The maximum atomic E-state index is 13.0. The lowest BCUT2D eigenvalue weighted by Crippen LogP contribution is -2.49. The molecule has 0 unspecified atom stereocenters. The molecule has 1 amide bonds. The van der Waals surface area contributed by atoms with Gasteiger partial charge >= 0.3 is 6.09 Å². The van der Waals surface area contributed by atoms with Crippen molar-refractivity contribution in [2.45, 2.75) is 40.9 Å². The molecular weight excluding hydrogens is 793 g/mol. The highest BCUT2D eigenvalue weighted by atomic mass is 32.2. The van der Waals surface area contributed by atoms with Gasteiger partial charge in [0.15, 0.2) is 0 Å². The van der Waals surface area contributed by atoms with E-state index in [-0.39, 0.29) is 20.8 Å². The van der Waals surface area contributed by atoms with Gasteiger partial charge in [0.05, 0.1) is 51.2 Å². The number of piperazine rings is 1. The van der Waals surface area contributed by atoms with Gasteiger partial charge in [0, 0.05) is 53.4 Å². The minimum atomic E-state index is -3.96. The van der Waals surface area contributed by atoms with Gasteiger partial charge in [0.2, 0.25) is 10.0 Å². The molecule has 2 aliphatic rings. The van der Waals surface area contributed by atoms with Gasteiger partial charge in [-0.3, -0.25) is 9.44 Å². The number of nitrogens with one attached hydrogen (secondary N) is 2. The van der Waals surface area contributed by atoms with Crippen LogP contribution < -0.4 is 24.0 Å². The van der Waals surface area contributed by atoms with Crippen LogP contribution >= 0.6 is 0 Å². The molecule has 15 nitrogen and oxygen atoms in total. The first-order valence-corrected chi connectivity index (χ1v) is 22.9. The fraction of sp³-hybridized carbons (Fsp3) is 0.359. The van der Waals surface area contributed by atoms with Crippen LogP contribution in [0.4, 0.5) is 27.5 Å². The summed E-state index contributed by atoms with van der Waals surface area (Å²) < 4.78 is 92.3. The summed E-state index contributed by atoms with van der Waals surface area (Å²) in [6.45, 7) is 5.95. The van der Waals surface area contributed by atoms with Crippen LogP contribution in [0.2, 0.25) is 0 Å². The lowest BCUT2D eigenvalue weighted by molar-refractivity contribution is 0.105. The summed E-state index contributed by atoms with van der Waals surface area (Å²) in [6.07, 6.45) is 3.15. The van der Waals surface area contributed by atoms with Crippen molar-refractivity contribution in [2.24, 2.45) is 0 Å². The number of amides is 1. The normalized spacial score (nSPS) is 15.0. The number of sulfonamides is 3. The molecule has 0 atom stereocenters. The molecule has 0 saturated carbocycles. The first kappa shape index (κ1) is 43.1. The van der Waals surface area contributed by atoms with Crippen LogP contribution in [0.15, 0.2) is 112 Å². The Balaban J connectivity index is 0.000000228. The third kappa shape index (κ3) is 10.9. The Bertz CT molecular complexity index is 2290. The molecule has 4 aromatic carbocycles. The van der Waals surface area contributed by atoms with Crippen molar-refractivity contribution in [3.05, 3.63) is 97.1 Å². The second kappa shape index (κ2) is 18.9. The zero-order valence-electron chi connectivity index (χ0n) is 32.5. The number of hydrogen-bond acceptors (Lipinski definition) is 11. The van der Waals surface area contributed by atoms with E-state index < -0.39 is 30.1 Å². The fourth-order valence-corrected chi connectivity index (χ4v) is 9.37. The molecule has 4 aromatic rings. The lowest BCUT2D eigenvalue weighted by atomic mass is 10.1. The smallest absolute Gasteiger partial charge is 0.409 e. The van der Waals surface area contributed by atoms with E-state index >= 15 is 0 Å². The summed E-state index contributed by atoms with van der Waals surface area (Å²) in [6, 6.07) is 26.0. The van der Waals surface area contributed by atoms with Gasteiger partial charge in [-0.2, -0.15) is 0 Å². The quantitative estimate of drug-likeness (QED) is 0.184. The van der Waals surface area contributed by atoms with Crippen molar-refractivity contribution in [3.8, 4) is 5.75 Å². The van der Waals surface area contributed by atoms with Gasteiger partial charge in [0.1, 0.15) is 5.75 Å². The van der Waals surface area contributed by atoms with Crippen LogP contribution in [0, 0.1) is 0 Å². The van der Waals surface area contributed by atoms with Gasteiger partial charge in [-0.15, -0.1) is 0 Å². The Labute approximate surface area is 336 Å². The molecule has 2 heterocycles. The summed E-state index contributed by atoms with van der Waals surface area (Å²) in [4.78, 5) is 18.0. The number of carbonyl (C=O) groups excluding carboxylic acids is 1. The molecule has 6 rings (SSSR count). The van der Waals surface area contributed by atoms with E-state index in [0.717, 1.165) is 35.9 Å². The zero-order chi connectivity index (χ0) is 41.2. The summed E-state index contributed by atoms with van der Waals surface area (Å²) in [5.41, 5.74) is 2.65. The monoisotopic (exact) mass is 842 g/mol. The van der Waals surface area contributed by atoms with Crippen molar-refractivity contribution in [3.63, 3.8) is 0 Å². The van der Waals surface area contributed by atoms with Crippen molar-refractivity contribution in [1.82, 2.24) is 9.21 Å². The van der Waals surface area contributed by atoms with E-state index in [0.29, 0.717) is 55.6 Å². The predicted molar refractivity (Wildman–Crippen MR) is 222 cm³/mol. The minimum Gasteiger partial charge on any atom is -0.497 e. The molecule has 308 valence electrons. The molecule has 2 N–H and O–H groups in total. The topological polar surface area (TPSA) is 175 Å². The van der Waals surface area contributed by atoms with Gasteiger partial charge < -0.3 is 24.2 Å². The molecule has 0 spiro atoms. The van der Waals surface area contributed by atoms with Gasteiger partial charge in [-0.25, -0.2) is 34.4 Å². The maximum Gasteiger partial charge on any atom is 0.409 e. The Morgan fingerprint density at radius 3 is 1.51 bits per heavy atom. The lowest BCUT2D eigenvalue weighted by Gasteiger charge is -2.36. The van der Waals surface area contributed by atoms with E-state index in [2.05, 4.69) is 14.3 Å². The molecule has 2 saturated heterocycles. The summed E-state index contributed by atoms with van der Waals surface area (Å²) >= 11 is 0. The van der Waals surface area contributed by atoms with Crippen LogP contribution in [0.1, 0.15) is 26.2 Å². The molecule has 0 bridgehead atoms. The van der Waals surface area contributed by atoms with E-state index in [1.807, 2.05) is 41.3 Å². The van der Waals surface area contributed by atoms with E-state index in [1.165, 1.54) is 44.8 Å². The fourth-order valence-electron chi connectivity index (χ4n) is 6.31. The van der Waals surface area contributed by atoms with Crippen LogP contribution in [-0.2, 0) is 34.8 Å². The number of rotatable bonds is 12. The highest BCUT2D eigenvalue weighted by molar-refractivity contribution is 7.93. The minimum absolute atomic E-state index is 0.00585. The SMILES string of the molecule is CCOC(=O)N1CCN(c2ccccc2NS(=O)(=O)c2ccc(S(=O)(=O)N(C)C)cc2)CC1.COc1ccc(S(=O)(=O)Nc2ccccc2N2CCCCC2)cc1. The highest BCUT2D eigenvalue weighted by Gasteiger charge is 2.26. The number of nitrogens with zero attached hydrogens (tertiary/aromatic N) is 4. The molecule has 18 heteroatoms. The number of carbonyl (C=O) groups is 1. The standard InChI is InChI=1S/C21H28N4O6S2.C18H22N2O3S/c1-4-31-21(26)25-15-13-24(14-16-25)20-8-6-5-7-19(20)22-32(27,28)17-9-11-18(12-10-17)33(29,30)23(2)3;1-23-15-9-11-16(12-10-15)24(21,22)19-17-7-3-4-8-18(17)20-13-5-2-6-14-20/h5-12,22H,4,13-16H2,1-3H3;3-4,7-12,19H,2,5-6,13-14H2,1H3. The zero-order valence-corrected chi connectivity index (χ0v) is 34.9. The third-order valence-corrected chi connectivity index (χ3v) is 14.0. The molecule has 0 aromatic heterocycles. The number of piperidine rings is 1. The largest absolute Gasteiger partial charge is 0.497 e. The predicted octanol–water partition coefficient (Wildman–Crippen LogP) is 5.50. The van der Waals surface area contributed by atoms with Crippen LogP contribution in [0.5, 0.6) is 5.75 Å². The number of benzene rings is 4. The van der Waals surface area contributed by atoms with Crippen LogP contribution in [-0.4, -0.2) is 108 Å². The first-order chi connectivity index (χ1) is 27.2. The van der Waals surface area contributed by atoms with Crippen LogP contribution in [0.25, 0.3) is 0 Å². The Kier molecular flexibility index (Phi) is 14.3.